The fraction of sp³-hybridized carbons (Fsp3) is 0.625. The molecule has 2 heterocycles. The van der Waals surface area contributed by atoms with Crippen LogP contribution in [0.25, 0.3) is 0 Å². The Kier molecular flexibility index (Phi) is 4.43. The number of nitrogens with zero attached hydrogens (tertiary/aromatic N) is 2. The molecule has 1 aromatic heterocycles. The lowest BCUT2D eigenvalue weighted by atomic mass is 9.93. The Balaban J connectivity index is 2.20. The zero-order valence-corrected chi connectivity index (χ0v) is 12.9. The number of pyridine rings is 1. The van der Waals surface area contributed by atoms with E-state index < -0.39 is 0 Å². The molecule has 1 aliphatic heterocycles. The summed E-state index contributed by atoms with van der Waals surface area (Å²) in [4.78, 5) is 18.9. The molecule has 0 aromatic carbocycles. The molecule has 0 bridgehead atoms. The zero-order chi connectivity index (χ0) is 14.8. The molecule has 0 radical (unpaired) electrons. The van der Waals surface area contributed by atoms with Crippen molar-refractivity contribution in [3.05, 3.63) is 30.1 Å². The first-order valence-electron chi connectivity index (χ1n) is 7.36. The van der Waals surface area contributed by atoms with Gasteiger partial charge < -0.3 is 10.2 Å². The van der Waals surface area contributed by atoms with E-state index in [1.807, 2.05) is 17.0 Å². The molecule has 1 saturated heterocycles. The molecule has 0 spiro atoms. The maximum absolute atomic E-state index is 12.7. The Morgan fingerprint density at radius 2 is 2.25 bits per heavy atom. The van der Waals surface area contributed by atoms with Gasteiger partial charge in [0.15, 0.2) is 0 Å². The van der Waals surface area contributed by atoms with Crippen molar-refractivity contribution in [3.8, 4) is 0 Å². The average Bonchev–Trinajstić information content (AvgIpc) is 2.40. The van der Waals surface area contributed by atoms with E-state index in [1.165, 1.54) is 0 Å². The van der Waals surface area contributed by atoms with Crippen LogP contribution in [0.2, 0.25) is 0 Å². The normalized spacial score (nSPS) is 22.1. The summed E-state index contributed by atoms with van der Waals surface area (Å²) in [5.41, 5.74) is 0.497. The summed E-state index contributed by atoms with van der Waals surface area (Å²) in [5, 5.41) is 3.54. The highest BCUT2D eigenvalue weighted by Gasteiger charge is 2.36. The second-order valence-electron chi connectivity index (χ2n) is 6.70. The van der Waals surface area contributed by atoms with Crippen LogP contribution in [0.1, 0.15) is 44.6 Å². The molecule has 1 aliphatic rings. The first-order chi connectivity index (χ1) is 9.39. The summed E-state index contributed by atoms with van der Waals surface area (Å²) < 4.78 is 0. The van der Waals surface area contributed by atoms with Crippen LogP contribution in [-0.4, -0.2) is 40.5 Å². The van der Waals surface area contributed by atoms with E-state index >= 15 is 0 Å². The van der Waals surface area contributed by atoms with Crippen LogP contribution in [0.3, 0.4) is 0 Å². The van der Waals surface area contributed by atoms with Crippen molar-refractivity contribution in [2.24, 2.45) is 5.92 Å². The maximum atomic E-state index is 12.7. The lowest BCUT2D eigenvalue weighted by Gasteiger charge is -2.45. The molecule has 1 N–H and O–H groups in total. The van der Waals surface area contributed by atoms with E-state index in [4.69, 9.17) is 0 Å². The molecule has 4 nitrogen and oxygen atoms in total. The van der Waals surface area contributed by atoms with Crippen molar-refractivity contribution in [1.82, 2.24) is 15.2 Å². The highest BCUT2D eigenvalue weighted by Crippen LogP contribution is 2.21. The Bertz CT molecular complexity index is 456. The predicted octanol–water partition coefficient (Wildman–Crippen LogP) is 2.32. The van der Waals surface area contributed by atoms with Crippen LogP contribution >= 0.6 is 0 Å². The summed E-state index contributed by atoms with van der Waals surface area (Å²) in [6, 6.07) is 5.75. The molecular formula is C16H25N3O. The number of hydrogen-bond donors (Lipinski definition) is 1. The van der Waals surface area contributed by atoms with Gasteiger partial charge >= 0.3 is 0 Å². The number of nitrogens with one attached hydrogen (secondary N) is 1. The van der Waals surface area contributed by atoms with Crippen LogP contribution in [0.4, 0.5) is 0 Å². The molecular weight excluding hydrogens is 250 g/mol. The van der Waals surface area contributed by atoms with E-state index in [-0.39, 0.29) is 17.5 Å². The highest BCUT2D eigenvalue weighted by atomic mass is 16.2. The third-order valence-corrected chi connectivity index (χ3v) is 3.71. The van der Waals surface area contributed by atoms with E-state index in [1.54, 1.807) is 12.3 Å². The van der Waals surface area contributed by atoms with E-state index in [0.717, 1.165) is 19.5 Å². The molecule has 20 heavy (non-hydrogen) atoms. The summed E-state index contributed by atoms with van der Waals surface area (Å²) in [5.74, 6) is 0.618. The molecule has 2 rings (SSSR count). The molecule has 1 aromatic rings. The van der Waals surface area contributed by atoms with Gasteiger partial charge in [0.25, 0.3) is 5.91 Å². The minimum Gasteiger partial charge on any atom is -0.331 e. The number of carbonyl (C=O) groups excluding carboxylic acids is 1. The number of aromatic nitrogens is 1. The van der Waals surface area contributed by atoms with Crippen LogP contribution < -0.4 is 5.32 Å². The van der Waals surface area contributed by atoms with Crippen molar-refractivity contribution in [2.75, 3.05) is 13.1 Å². The van der Waals surface area contributed by atoms with Gasteiger partial charge in [0.1, 0.15) is 5.69 Å². The second-order valence-corrected chi connectivity index (χ2v) is 6.70. The highest BCUT2D eigenvalue weighted by molar-refractivity contribution is 5.92. The largest absolute Gasteiger partial charge is 0.331 e. The van der Waals surface area contributed by atoms with Crippen LogP contribution in [-0.2, 0) is 0 Å². The second kappa shape index (κ2) is 5.92. The van der Waals surface area contributed by atoms with Crippen molar-refractivity contribution in [2.45, 2.75) is 45.7 Å². The molecule has 1 fully saturated rings. The standard InChI is InChI=1S/C16H25N3O/c1-12(2)9-13-10-18-16(3,4)11-19(13)15(20)14-7-5-6-8-17-14/h5-8,12-13,18H,9-11H2,1-4H3. The predicted molar refractivity (Wildman–Crippen MR) is 80.6 cm³/mol. The lowest BCUT2D eigenvalue weighted by molar-refractivity contribution is 0.0462. The van der Waals surface area contributed by atoms with Crippen LogP contribution in [0, 0.1) is 5.92 Å². The smallest absolute Gasteiger partial charge is 0.272 e. The third kappa shape index (κ3) is 3.57. The van der Waals surface area contributed by atoms with Crippen LogP contribution in [0.5, 0.6) is 0 Å². The van der Waals surface area contributed by atoms with E-state index in [9.17, 15) is 4.79 Å². The van der Waals surface area contributed by atoms with Crippen molar-refractivity contribution >= 4 is 5.91 Å². The fourth-order valence-electron chi connectivity index (χ4n) is 2.74. The monoisotopic (exact) mass is 275 g/mol. The van der Waals surface area contributed by atoms with Gasteiger partial charge in [-0.25, -0.2) is 0 Å². The van der Waals surface area contributed by atoms with Gasteiger partial charge in [0, 0.05) is 30.9 Å². The average molecular weight is 275 g/mol. The van der Waals surface area contributed by atoms with Gasteiger partial charge in [-0.05, 0) is 38.3 Å². The summed E-state index contributed by atoms with van der Waals surface area (Å²) in [6.45, 7) is 10.2. The number of hydrogen-bond acceptors (Lipinski definition) is 3. The zero-order valence-electron chi connectivity index (χ0n) is 12.9. The molecule has 1 atom stereocenters. The number of amides is 1. The Hall–Kier alpha value is -1.42. The summed E-state index contributed by atoms with van der Waals surface area (Å²) in [6.07, 6.45) is 2.69. The van der Waals surface area contributed by atoms with Gasteiger partial charge in [-0.1, -0.05) is 19.9 Å². The summed E-state index contributed by atoms with van der Waals surface area (Å²) in [7, 11) is 0. The third-order valence-electron chi connectivity index (χ3n) is 3.71. The van der Waals surface area contributed by atoms with Crippen LogP contribution in [0.15, 0.2) is 24.4 Å². The van der Waals surface area contributed by atoms with Crippen molar-refractivity contribution in [3.63, 3.8) is 0 Å². The molecule has 1 amide bonds. The fourth-order valence-corrected chi connectivity index (χ4v) is 2.74. The molecule has 0 aliphatic carbocycles. The van der Waals surface area contributed by atoms with Gasteiger partial charge in [0.05, 0.1) is 0 Å². The molecule has 4 heteroatoms. The first kappa shape index (κ1) is 15.0. The number of rotatable bonds is 3. The van der Waals surface area contributed by atoms with E-state index in [2.05, 4.69) is 38.0 Å². The van der Waals surface area contributed by atoms with Gasteiger partial charge in [-0.3, -0.25) is 9.78 Å². The molecule has 110 valence electrons. The molecule has 0 saturated carbocycles. The topological polar surface area (TPSA) is 45.2 Å². The Labute approximate surface area is 121 Å². The van der Waals surface area contributed by atoms with E-state index in [0.29, 0.717) is 11.6 Å². The van der Waals surface area contributed by atoms with Gasteiger partial charge in [-0.15, -0.1) is 0 Å². The minimum absolute atomic E-state index is 0.0437. The number of piperazine rings is 1. The van der Waals surface area contributed by atoms with Gasteiger partial charge in [0.2, 0.25) is 0 Å². The Morgan fingerprint density at radius 3 is 2.85 bits per heavy atom. The van der Waals surface area contributed by atoms with Crippen molar-refractivity contribution in [1.29, 1.82) is 0 Å². The van der Waals surface area contributed by atoms with Crippen molar-refractivity contribution < 1.29 is 4.79 Å². The number of carbonyl (C=O) groups is 1. The minimum atomic E-state index is -0.0437. The lowest BCUT2D eigenvalue weighted by Crippen LogP contribution is -2.63. The quantitative estimate of drug-likeness (QED) is 0.921. The SMILES string of the molecule is CC(C)CC1CNC(C)(C)CN1C(=O)c1ccccn1. The summed E-state index contributed by atoms with van der Waals surface area (Å²) >= 11 is 0. The van der Waals surface area contributed by atoms with Gasteiger partial charge in [-0.2, -0.15) is 0 Å². The Morgan fingerprint density at radius 1 is 1.50 bits per heavy atom. The maximum Gasteiger partial charge on any atom is 0.272 e. The molecule has 1 unspecified atom stereocenters. The first-order valence-corrected chi connectivity index (χ1v) is 7.36.